The van der Waals surface area contributed by atoms with Gasteiger partial charge >= 0.3 is 37.7 Å². The van der Waals surface area contributed by atoms with E-state index >= 15 is 0 Å². The van der Waals surface area contributed by atoms with Crippen LogP contribution in [0.15, 0.2) is 0 Å². The van der Waals surface area contributed by atoms with Gasteiger partial charge in [-0.25, -0.2) is 16.8 Å². The van der Waals surface area contributed by atoms with Crippen LogP contribution in [0.2, 0.25) is 0 Å². The molecule has 13 heavy (non-hydrogen) atoms. The third kappa shape index (κ3) is 1820. The van der Waals surface area contributed by atoms with E-state index in [1.165, 1.54) is 0 Å². The summed E-state index contributed by atoms with van der Waals surface area (Å²) in [6.45, 7) is 0. The zero-order chi connectivity index (χ0) is 9.00. The molecule has 0 atom stereocenters. The van der Waals surface area contributed by atoms with E-state index in [2.05, 4.69) is 0 Å². The van der Waals surface area contributed by atoms with Crippen molar-refractivity contribution < 1.29 is 46.0 Å². The summed E-state index contributed by atoms with van der Waals surface area (Å²) in [6.07, 6.45) is 0. The molecule has 0 unspecified atom stereocenters. The van der Waals surface area contributed by atoms with Gasteiger partial charge in [0.05, 0.1) is 0 Å². The molecule has 0 spiro atoms. The van der Waals surface area contributed by atoms with E-state index in [-0.39, 0.29) is 48.7 Å². The van der Waals surface area contributed by atoms with Crippen molar-refractivity contribution in [3.8, 4) is 0 Å². The number of hydrogen-bond acceptors (Lipinski definition) is 6. The Labute approximate surface area is 104 Å². The normalized spacial score (nSPS) is 8.92. The molecule has 0 aromatic heterocycles. The van der Waals surface area contributed by atoms with E-state index in [9.17, 15) is 0 Å². The monoisotopic (exact) mass is 270 g/mol. The molecule has 0 aliphatic carbocycles. The van der Waals surface area contributed by atoms with E-state index < -0.39 is 20.8 Å². The predicted molar refractivity (Wildman–Crippen MR) is 37.6 cm³/mol. The largest absolute Gasteiger partial charge is 2.00 e. The smallest absolute Gasteiger partial charge is 0.726 e. The van der Waals surface area contributed by atoms with Crippen molar-refractivity contribution in [3.63, 3.8) is 0 Å². The minimum Gasteiger partial charge on any atom is -0.726 e. The summed E-state index contributed by atoms with van der Waals surface area (Å²) in [7, 11) is -9.83. The van der Waals surface area contributed by atoms with Crippen LogP contribution >= 0.6 is 0 Å². The third-order valence-electron chi connectivity index (χ3n) is 0. The second-order valence-electron chi connectivity index (χ2n) is 0.855. The average molecular weight is 270 g/mol. The molecule has 0 saturated carbocycles. The summed E-state index contributed by atoms with van der Waals surface area (Å²) in [5.74, 6) is 0. The topological polar surface area (TPSA) is 218 Å². The van der Waals surface area contributed by atoms with Gasteiger partial charge in [-0.1, -0.05) is 0 Å². The Kier molecular flexibility index (Phi) is 24.7. The molecule has 0 aromatic rings. The molecule has 0 aromatic carbocycles. The van der Waals surface area contributed by atoms with E-state index in [0.717, 1.165) is 0 Å². The molecule has 10 nitrogen and oxygen atoms in total. The minimum atomic E-state index is -4.92. The molecule has 0 amide bonds. The van der Waals surface area contributed by atoms with Crippen LogP contribution in [-0.2, 0) is 20.8 Å². The van der Waals surface area contributed by atoms with E-state index in [1.54, 1.807) is 0 Å². The van der Waals surface area contributed by atoms with Crippen LogP contribution in [0.3, 0.4) is 0 Å². The SMILES string of the molecule is O.O.O=S(=O)([O-])O.O=S(=O)([O-])O.[Ca+2]. The first-order valence-electron chi connectivity index (χ1n) is 1.37. The number of hydrogen-bond donors (Lipinski definition) is 2. The predicted octanol–water partition coefficient (Wildman–Crippen LogP) is -4.02. The summed E-state index contributed by atoms with van der Waals surface area (Å²) >= 11 is 0. The first-order valence-corrected chi connectivity index (χ1v) is 4.10. The van der Waals surface area contributed by atoms with Crippen LogP contribution in [0, 0.1) is 0 Å². The maximum Gasteiger partial charge on any atom is 2.00 e. The first kappa shape index (κ1) is 29.2. The molecule has 0 saturated heterocycles. The summed E-state index contributed by atoms with van der Waals surface area (Å²) in [5.41, 5.74) is 0. The maximum atomic E-state index is 8.63. The van der Waals surface area contributed by atoms with Gasteiger partial charge in [-0.15, -0.1) is 0 Å². The van der Waals surface area contributed by atoms with Crippen molar-refractivity contribution in [1.29, 1.82) is 0 Å². The fourth-order valence-corrected chi connectivity index (χ4v) is 0. The fraction of sp³-hybridized carbons (Fsp3) is 0. The molecule has 80 valence electrons. The van der Waals surface area contributed by atoms with Crippen LogP contribution in [0.1, 0.15) is 0 Å². The van der Waals surface area contributed by atoms with Crippen molar-refractivity contribution >= 4 is 58.5 Å². The molecular weight excluding hydrogens is 264 g/mol. The molecule has 0 bridgehead atoms. The van der Waals surface area contributed by atoms with Crippen molar-refractivity contribution in [1.82, 2.24) is 0 Å². The quantitative estimate of drug-likeness (QED) is 0.250. The summed E-state index contributed by atoms with van der Waals surface area (Å²) in [5, 5.41) is 0. The van der Waals surface area contributed by atoms with Gasteiger partial charge in [-0.2, -0.15) is 0 Å². The van der Waals surface area contributed by atoms with Crippen LogP contribution in [0.4, 0.5) is 0 Å². The molecule has 13 heteroatoms. The van der Waals surface area contributed by atoms with Gasteiger partial charge in [-0.3, -0.25) is 9.11 Å². The van der Waals surface area contributed by atoms with Gasteiger partial charge in [0.25, 0.3) is 0 Å². The molecule has 0 aliphatic rings. The Hall–Kier alpha value is 0.920. The second-order valence-corrected chi connectivity index (χ2v) is 2.57. The van der Waals surface area contributed by atoms with Crippen molar-refractivity contribution in [3.05, 3.63) is 0 Å². The Morgan fingerprint density at radius 2 is 0.769 bits per heavy atom. The van der Waals surface area contributed by atoms with Gasteiger partial charge in [0.2, 0.25) is 20.8 Å². The number of rotatable bonds is 0. The minimum absolute atomic E-state index is 0. The standard InChI is InChI=1S/Ca.2H2O4S.2H2O/c;2*1-5(2,3)4;;/h;2*(H2,1,2,3,4);2*1H2/q+2;;;;/p-2. The molecule has 0 radical (unpaired) electrons. The fourth-order valence-electron chi connectivity index (χ4n) is 0. The van der Waals surface area contributed by atoms with Gasteiger partial charge < -0.3 is 20.1 Å². The van der Waals surface area contributed by atoms with E-state index in [0.29, 0.717) is 0 Å². The first-order chi connectivity index (χ1) is 4.00. The maximum absolute atomic E-state index is 8.63. The summed E-state index contributed by atoms with van der Waals surface area (Å²) in [4.78, 5) is 0. The third-order valence-corrected chi connectivity index (χ3v) is 0. The van der Waals surface area contributed by atoms with Crippen LogP contribution in [0.25, 0.3) is 0 Å². The molecular formula is H6CaO10S2. The molecule has 0 rings (SSSR count). The van der Waals surface area contributed by atoms with E-state index in [1.807, 2.05) is 0 Å². The Morgan fingerprint density at radius 1 is 0.769 bits per heavy atom. The van der Waals surface area contributed by atoms with Crippen LogP contribution < -0.4 is 0 Å². The van der Waals surface area contributed by atoms with Crippen molar-refractivity contribution in [2.24, 2.45) is 0 Å². The van der Waals surface area contributed by atoms with Gasteiger partial charge in [-0.05, 0) is 0 Å². The zero-order valence-corrected chi connectivity index (χ0v) is 9.71. The molecule has 0 heterocycles. The molecule has 6 N–H and O–H groups in total. The Morgan fingerprint density at radius 3 is 0.769 bits per heavy atom. The zero-order valence-electron chi connectivity index (χ0n) is 5.87. The second kappa shape index (κ2) is 11.0. The Bertz CT molecular complexity index is 209. The van der Waals surface area contributed by atoms with Gasteiger partial charge in [0.1, 0.15) is 0 Å². The molecule has 0 aliphatic heterocycles. The van der Waals surface area contributed by atoms with Crippen molar-refractivity contribution in [2.45, 2.75) is 0 Å². The van der Waals surface area contributed by atoms with E-state index in [4.69, 9.17) is 35.0 Å². The van der Waals surface area contributed by atoms with Crippen LogP contribution in [0.5, 0.6) is 0 Å². The summed E-state index contributed by atoms with van der Waals surface area (Å²) in [6, 6.07) is 0. The van der Waals surface area contributed by atoms with Crippen molar-refractivity contribution in [2.75, 3.05) is 0 Å². The average Bonchev–Trinajstić information content (AvgIpc) is 1.12. The summed E-state index contributed by atoms with van der Waals surface area (Å²) < 4.78 is 65.7. The van der Waals surface area contributed by atoms with Gasteiger partial charge in [0.15, 0.2) is 0 Å². The Balaban J connectivity index is -0.0000000267. The molecule has 0 fully saturated rings. The van der Waals surface area contributed by atoms with Crippen LogP contribution in [-0.4, -0.2) is 83.7 Å². The van der Waals surface area contributed by atoms with Gasteiger partial charge in [0, 0.05) is 0 Å².